The molecule has 0 aliphatic carbocycles. The van der Waals surface area contributed by atoms with Gasteiger partial charge >= 0.3 is 6.18 Å². The van der Waals surface area contributed by atoms with Gasteiger partial charge in [-0.1, -0.05) is 31.8 Å². The summed E-state index contributed by atoms with van der Waals surface area (Å²) < 4.78 is 75.9. The quantitative estimate of drug-likeness (QED) is 0.557. The maximum atomic E-state index is 13.1. The molecule has 12 heteroatoms. The molecule has 0 saturated carbocycles. The Bertz CT molecular complexity index is 1020. The molecule has 1 aliphatic heterocycles. The first-order valence-corrected chi connectivity index (χ1v) is 12.4. The summed E-state index contributed by atoms with van der Waals surface area (Å²) in [5, 5.41) is 6.77. The molecule has 1 aliphatic rings. The predicted molar refractivity (Wildman–Crippen MR) is 115 cm³/mol. The van der Waals surface area contributed by atoms with Crippen LogP contribution in [0.25, 0.3) is 0 Å². The normalized spacial score (nSPS) is 16.1. The average molecular weight is 491 g/mol. The highest BCUT2D eigenvalue weighted by atomic mass is 32.2. The van der Waals surface area contributed by atoms with Gasteiger partial charge in [-0.2, -0.15) is 22.5 Å². The van der Waals surface area contributed by atoms with Crippen molar-refractivity contribution in [2.45, 2.75) is 63.6 Å². The summed E-state index contributed by atoms with van der Waals surface area (Å²) in [5.41, 5.74) is 0.0961. The van der Waals surface area contributed by atoms with Crippen LogP contribution in [-0.4, -0.2) is 48.7 Å². The van der Waals surface area contributed by atoms with E-state index in [1.165, 1.54) is 22.5 Å². The Morgan fingerprint density at radius 1 is 1.18 bits per heavy atom. The minimum Gasteiger partial charge on any atom is -0.482 e. The molecule has 0 spiro atoms. The number of sulfonamides is 1. The Morgan fingerprint density at radius 2 is 1.88 bits per heavy atom. The van der Waals surface area contributed by atoms with E-state index in [4.69, 9.17) is 9.26 Å². The Hall–Kier alpha value is -2.34. The van der Waals surface area contributed by atoms with Crippen LogP contribution in [0.15, 0.2) is 27.6 Å². The fourth-order valence-corrected chi connectivity index (χ4v) is 5.05. The van der Waals surface area contributed by atoms with Gasteiger partial charge in [-0.25, -0.2) is 8.42 Å². The lowest BCUT2D eigenvalue weighted by atomic mass is 10.1. The van der Waals surface area contributed by atoms with Crippen molar-refractivity contribution in [2.75, 3.05) is 25.0 Å². The fourth-order valence-electron chi connectivity index (χ4n) is 3.51. The third-order valence-electron chi connectivity index (χ3n) is 5.08. The van der Waals surface area contributed by atoms with E-state index in [1.807, 2.05) is 13.8 Å². The molecule has 0 amide bonds. The van der Waals surface area contributed by atoms with Gasteiger partial charge in [0, 0.05) is 19.5 Å². The zero-order valence-electron chi connectivity index (χ0n) is 18.7. The number of hydrogen-bond acceptors (Lipinski definition) is 7. The van der Waals surface area contributed by atoms with E-state index in [0.717, 1.165) is 25.7 Å². The van der Waals surface area contributed by atoms with E-state index < -0.39 is 22.8 Å². The molecule has 0 atom stereocenters. The lowest BCUT2D eigenvalue weighted by Gasteiger charge is -2.21. The van der Waals surface area contributed by atoms with Crippen molar-refractivity contribution in [1.82, 2.24) is 14.4 Å². The van der Waals surface area contributed by atoms with E-state index >= 15 is 0 Å². The van der Waals surface area contributed by atoms with E-state index in [9.17, 15) is 21.6 Å². The lowest BCUT2D eigenvalue weighted by molar-refractivity contribution is -0.153. The van der Waals surface area contributed by atoms with E-state index in [0.29, 0.717) is 31.3 Å². The second-order valence-corrected chi connectivity index (χ2v) is 10.4. The monoisotopic (exact) mass is 490 g/mol. The molecule has 2 heterocycles. The van der Waals surface area contributed by atoms with Gasteiger partial charge in [-0.05, 0) is 37.0 Å². The van der Waals surface area contributed by atoms with Gasteiger partial charge in [0.05, 0.1) is 17.1 Å². The van der Waals surface area contributed by atoms with Gasteiger partial charge in [0.2, 0.25) is 15.9 Å². The Balaban J connectivity index is 1.83. The van der Waals surface area contributed by atoms with Crippen molar-refractivity contribution >= 4 is 15.7 Å². The van der Waals surface area contributed by atoms with Gasteiger partial charge in [-0.15, -0.1) is 0 Å². The number of nitrogens with zero attached hydrogens (tertiary/aromatic N) is 3. The molecule has 0 radical (unpaired) electrons. The Morgan fingerprint density at radius 3 is 2.52 bits per heavy atom. The first-order valence-electron chi connectivity index (χ1n) is 10.9. The Labute approximate surface area is 191 Å². The van der Waals surface area contributed by atoms with Crippen molar-refractivity contribution in [1.29, 1.82) is 0 Å². The summed E-state index contributed by atoms with van der Waals surface area (Å²) in [6.45, 7) is 3.35. The smallest absolute Gasteiger partial charge is 0.422 e. The summed E-state index contributed by atoms with van der Waals surface area (Å²) in [7, 11) is -3.80. The Kier molecular flexibility index (Phi) is 8.22. The van der Waals surface area contributed by atoms with Crippen LogP contribution in [0.1, 0.15) is 51.2 Å². The number of aromatic nitrogens is 2. The number of rotatable bonds is 9. The lowest BCUT2D eigenvalue weighted by Crippen LogP contribution is -2.32. The summed E-state index contributed by atoms with van der Waals surface area (Å²) in [5.74, 6) is 0.955. The second kappa shape index (κ2) is 10.7. The van der Waals surface area contributed by atoms with E-state index in [-0.39, 0.29) is 28.8 Å². The van der Waals surface area contributed by atoms with E-state index in [2.05, 4.69) is 15.5 Å². The summed E-state index contributed by atoms with van der Waals surface area (Å²) in [4.78, 5) is 4.23. The van der Waals surface area contributed by atoms with Crippen molar-refractivity contribution < 1.29 is 30.8 Å². The molecule has 1 aromatic carbocycles. The standard InChI is InChI=1S/C21H29F3N4O4S/c1-15(2)11-19-26-20(32-27-19)13-25-17-12-16(7-8-18(17)31-14-21(22,23)24)33(29,30)28-9-5-3-4-6-10-28/h7-8,12,15,25H,3-6,9-11,13-14H2,1-2H3. The number of nitrogens with one attached hydrogen (secondary N) is 1. The van der Waals surface area contributed by atoms with Crippen LogP contribution < -0.4 is 10.1 Å². The fraction of sp³-hybridized carbons (Fsp3) is 0.619. The molecule has 3 rings (SSSR count). The van der Waals surface area contributed by atoms with Crippen LogP contribution in [0.2, 0.25) is 0 Å². The zero-order chi connectivity index (χ0) is 24.1. The van der Waals surface area contributed by atoms with Crippen LogP contribution in [0, 0.1) is 5.92 Å². The summed E-state index contributed by atoms with van der Waals surface area (Å²) in [6, 6.07) is 3.79. The van der Waals surface area contributed by atoms with Crippen molar-refractivity contribution in [3.05, 3.63) is 29.9 Å². The molecular weight excluding hydrogens is 461 g/mol. The maximum Gasteiger partial charge on any atom is 0.422 e. The number of anilines is 1. The molecule has 184 valence electrons. The third kappa shape index (κ3) is 7.32. The van der Waals surface area contributed by atoms with Crippen LogP contribution in [0.4, 0.5) is 18.9 Å². The van der Waals surface area contributed by atoms with Crippen LogP contribution in [-0.2, 0) is 23.0 Å². The highest BCUT2D eigenvalue weighted by Gasteiger charge is 2.30. The number of alkyl halides is 3. The maximum absolute atomic E-state index is 13.1. The summed E-state index contributed by atoms with van der Waals surface area (Å²) in [6.07, 6.45) is -0.447. The number of benzene rings is 1. The van der Waals surface area contributed by atoms with Crippen molar-refractivity contribution in [3.63, 3.8) is 0 Å². The molecule has 1 saturated heterocycles. The van der Waals surface area contributed by atoms with Crippen LogP contribution in [0.5, 0.6) is 5.75 Å². The minimum absolute atomic E-state index is 0.000683. The summed E-state index contributed by atoms with van der Waals surface area (Å²) >= 11 is 0. The molecule has 2 aromatic rings. The molecule has 1 N–H and O–H groups in total. The van der Waals surface area contributed by atoms with Gasteiger partial charge < -0.3 is 14.6 Å². The molecule has 8 nitrogen and oxygen atoms in total. The van der Waals surface area contributed by atoms with Crippen molar-refractivity contribution in [2.24, 2.45) is 5.92 Å². The molecule has 33 heavy (non-hydrogen) atoms. The minimum atomic E-state index is -4.54. The zero-order valence-corrected chi connectivity index (χ0v) is 19.5. The van der Waals surface area contributed by atoms with Crippen molar-refractivity contribution in [3.8, 4) is 5.75 Å². The topological polar surface area (TPSA) is 97.6 Å². The molecule has 0 bridgehead atoms. The highest BCUT2D eigenvalue weighted by molar-refractivity contribution is 7.89. The molecule has 0 unspecified atom stereocenters. The number of halogens is 3. The molecule has 1 fully saturated rings. The first-order chi connectivity index (χ1) is 15.5. The number of ether oxygens (including phenoxy) is 1. The number of hydrogen-bond donors (Lipinski definition) is 1. The molecule has 1 aromatic heterocycles. The van der Waals surface area contributed by atoms with Gasteiger partial charge in [0.15, 0.2) is 12.4 Å². The van der Waals surface area contributed by atoms with E-state index in [1.54, 1.807) is 0 Å². The SMILES string of the molecule is CC(C)Cc1noc(CNc2cc(S(=O)(=O)N3CCCCCC3)ccc2OCC(F)(F)F)n1. The van der Waals surface area contributed by atoms with Crippen LogP contribution >= 0.6 is 0 Å². The third-order valence-corrected chi connectivity index (χ3v) is 6.97. The second-order valence-electron chi connectivity index (χ2n) is 8.44. The molecular formula is C21H29F3N4O4S. The first kappa shape index (κ1) is 25.3. The van der Waals surface area contributed by atoms with Gasteiger partial charge in [0.25, 0.3) is 0 Å². The largest absolute Gasteiger partial charge is 0.482 e. The predicted octanol–water partition coefficient (Wildman–Crippen LogP) is 4.39. The van der Waals surface area contributed by atoms with Gasteiger partial charge in [0.1, 0.15) is 5.75 Å². The highest BCUT2D eigenvalue weighted by Crippen LogP contribution is 2.31. The average Bonchev–Trinajstić information content (AvgIpc) is 2.98. The van der Waals surface area contributed by atoms with Crippen LogP contribution in [0.3, 0.4) is 0 Å². The van der Waals surface area contributed by atoms with Gasteiger partial charge in [-0.3, -0.25) is 0 Å².